The molecule has 1 aliphatic carbocycles. The van der Waals surface area contributed by atoms with Crippen molar-refractivity contribution >= 4 is 5.91 Å². The summed E-state index contributed by atoms with van der Waals surface area (Å²) in [6, 6.07) is 8.17. The zero-order valence-corrected chi connectivity index (χ0v) is 15.9. The molecule has 2 aromatic carbocycles. The molecule has 1 aliphatic rings. The molecule has 4 nitrogen and oxygen atoms in total. The number of rotatable bonds is 6. The zero-order valence-electron chi connectivity index (χ0n) is 15.9. The van der Waals surface area contributed by atoms with Crippen molar-refractivity contribution in [2.45, 2.75) is 57.8 Å². The third kappa shape index (κ3) is 5.07. The van der Waals surface area contributed by atoms with Gasteiger partial charge < -0.3 is 15.2 Å². The van der Waals surface area contributed by atoms with Gasteiger partial charge in [0.1, 0.15) is 17.4 Å². The Morgan fingerprint density at radius 3 is 2.64 bits per heavy atom. The van der Waals surface area contributed by atoms with Crippen LogP contribution in [0.1, 0.15) is 44.6 Å². The highest BCUT2D eigenvalue weighted by atomic mass is 19.1. The molecular formula is C22H25F2NO3. The molecule has 1 fully saturated rings. The second-order valence-corrected chi connectivity index (χ2v) is 7.25. The van der Waals surface area contributed by atoms with E-state index < -0.39 is 17.7 Å². The summed E-state index contributed by atoms with van der Waals surface area (Å²) < 4.78 is 33.9. The van der Waals surface area contributed by atoms with Crippen molar-refractivity contribution in [3.8, 4) is 16.9 Å². The first-order chi connectivity index (χ1) is 13.5. The molecule has 0 aromatic heterocycles. The third-order valence-electron chi connectivity index (χ3n) is 5.03. The molecule has 1 amide bonds. The number of carbonyl (C=O) groups excluding carboxylic acids is 1. The van der Waals surface area contributed by atoms with Gasteiger partial charge in [0.25, 0.3) is 5.91 Å². The average Bonchev–Trinajstić information content (AvgIpc) is 2.68. The largest absolute Gasteiger partial charge is 0.481 e. The fourth-order valence-electron chi connectivity index (χ4n) is 3.50. The number of halogens is 2. The predicted octanol–water partition coefficient (Wildman–Crippen LogP) is 4.34. The van der Waals surface area contributed by atoms with Crippen molar-refractivity contribution in [3.63, 3.8) is 0 Å². The molecule has 0 aliphatic heterocycles. The Kier molecular flexibility index (Phi) is 6.62. The molecular weight excluding hydrogens is 364 g/mol. The molecule has 1 saturated carbocycles. The maximum absolute atomic E-state index is 14.2. The van der Waals surface area contributed by atoms with E-state index in [-0.39, 0.29) is 35.4 Å². The Bertz CT molecular complexity index is 835. The number of hydrogen-bond acceptors (Lipinski definition) is 3. The minimum absolute atomic E-state index is 0.148. The van der Waals surface area contributed by atoms with Crippen LogP contribution in [-0.2, 0) is 11.4 Å². The van der Waals surface area contributed by atoms with E-state index in [4.69, 9.17) is 4.74 Å². The highest BCUT2D eigenvalue weighted by Gasteiger charge is 2.21. The lowest BCUT2D eigenvalue weighted by Crippen LogP contribution is -2.43. The molecule has 2 aromatic rings. The number of aliphatic hydroxyl groups is 1. The normalized spacial score (nSPS) is 15.9. The maximum atomic E-state index is 14.2. The van der Waals surface area contributed by atoms with Crippen LogP contribution < -0.4 is 10.1 Å². The van der Waals surface area contributed by atoms with E-state index in [1.54, 1.807) is 6.92 Å². The predicted molar refractivity (Wildman–Crippen MR) is 103 cm³/mol. The molecule has 3 rings (SSSR count). The van der Waals surface area contributed by atoms with Gasteiger partial charge in [0.15, 0.2) is 6.10 Å². The molecule has 1 atom stereocenters. The van der Waals surface area contributed by atoms with Crippen LogP contribution in [0.4, 0.5) is 8.78 Å². The first kappa shape index (κ1) is 20.3. The van der Waals surface area contributed by atoms with Gasteiger partial charge in [-0.1, -0.05) is 25.3 Å². The molecule has 0 radical (unpaired) electrons. The minimum atomic E-state index is -0.801. The zero-order chi connectivity index (χ0) is 20.1. The second kappa shape index (κ2) is 9.15. The summed E-state index contributed by atoms with van der Waals surface area (Å²) in [5, 5.41) is 12.2. The van der Waals surface area contributed by atoms with E-state index in [9.17, 15) is 18.7 Å². The number of benzene rings is 2. The van der Waals surface area contributed by atoms with Gasteiger partial charge in [-0.15, -0.1) is 0 Å². The molecule has 2 N–H and O–H groups in total. The summed E-state index contributed by atoms with van der Waals surface area (Å²) >= 11 is 0. The summed E-state index contributed by atoms with van der Waals surface area (Å²) in [5.41, 5.74) is 0.959. The molecule has 0 saturated heterocycles. The maximum Gasteiger partial charge on any atom is 0.260 e. The quantitative estimate of drug-likeness (QED) is 0.773. The number of amides is 1. The lowest BCUT2D eigenvalue weighted by molar-refractivity contribution is -0.128. The van der Waals surface area contributed by atoms with E-state index >= 15 is 0 Å². The third-order valence-corrected chi connectivity index (χ3v) is 5.03. The molecule has 28 heavy (non-hydrogen) atoms. The molecule has 0 heterocycles. The first-order valence-corrected chi connectivity index (χ1v) is 9.63. The van der Waals surface area contributed by atoms with Crippen LogP contribution in [0.3, 0.4) is 0 Å². The van der Waals surface area contributed by atoms with Gasteiger partial charge in [-0.25, -0.2) is 8.78 Å². The van der Waals surface area contributed by atoms with Crippen molar-refractivity contribution in [3.05, 3.63) is 53.6 Å². The second-order valence-electron chi connectivity index (χ2n) is 7.25. The van der Waals surface area contributed by atoms with Crippen LogP contribution >= 0.6 is 0 Å². The van der Waals surface area contributed by atoms with Crippen molar-refractivity contribution in [2.24, 2.45) is 0 Å². The van der Waals surface area contributed by atoms with Gasteiger partial charge >= 0.3 is 0 Å². The van der Waals surface area contributed by atoms with Crippen LogP contribution in [0.25, 0.3) is 11.1 Å². The molecule has 150 valence electrons. The summed E-state index contributed by atoms with van der Waals surface area (Å²) in [6.07, 6.45) is 4.52. The first-order valence-electron chi connectivity index (χ1n) is 9.63. The number of aliphatic hydroxyl groups excluding tert-OH is 1. The van der Waals surface area contributed by atoms with E-state index in [0.29, 0.717) is 5.56 Å². The van der Waals surface area contributed by atoms with Gasteiger partial charge in [-0.05, 0) is 55.2 Å². The smallest absolute Gasteiger partial charge is 0.260 e. The topological polar surface area (TPSA) is 58.6 Å². The van der Waals surface area contributed by atoms with Crippen molar-refractivity contribution in [1.29, 1.82) is 0 Å². The number of carbonyl (C=O) groups is 1. The Morgan fingerprint density at radius 1 is 1.18 bits per heavy atom. The standard InChI is InChI=1S/C22H25F2NO3/c1-14(22(27)25-18-5-3-2-4-6-18)28-19-11-16(10-17(23)12-19)20-9-15(13-26)7-8-21(20)24/h7-12,14,18,26H,2-6,13H2,1H3,(H,25,27). The molecule has 0 spiro atoms. The minimum Gasteiger partial charge on any atom is -0.481 e. The van der Waals surface area contributed by atoms with Crippen molar-refractivity contribution < 1.29 is 23.4 Å². The van der Waals surface area contributed by atoms with Crippen LogP contribution in [0.5, 0.6) is 5.75 Å². The van der Waals surface area contributed by atoms with Crippen LogP contribution in [0, 0.1) is 11.6 Å². The highest BCUT2D eigenvalue weighted by molar-refractivity contribution is 5.81. The lowest BCUT2D eigenvalue weighted by atomic mass is 9.95. The monoisotopic (exact) mass is 389 g/mol. The number of hydrogen-bond donors (Lipinski definition) is 2. The lowest BCUT2D eigenvalue weighted by Gasteiger charge is -2.24. The SMILES string of the molecule is CC(Oc1cc(F)cc(-c2cc(CO)ccc2F)c1)C(=O)NC1CCCCC1. The van der Waals surface area contributed by atoms with Crippen LogP contribution in [0.15, 0.2) is 36.4 Å². The van der Waals surface area contributed by atoms with Gasteiger partial charge in [-0.2, -0.15) is 0 Å². The fraction of sp³-hybridized carbons (Fsp3) is 0.409. The van der Waals surface area contributed by atoms with E-state index in [1.165, 1.54) is 42.8 Å². The Morgan fingerprint density at radius 2 is 1.93 bits per heavy atom. The Labute approximate surface area is 163 Å². The van der Waals surface area contributed by atoms with Crippen LogP contribution in [0.2, 0.25) is 0 Å². The number of ether oxygens (including phenoxy) is 1. The Balaban J connectivity index is 1.75. The summed E-state index contributed by atoms with van der Waals surface area (Å²) in [6.45, 7) is 1.36. The molecule has 6 heteroatoms. The van der Waals surface area contributed by atoms with E-state index in [1.807, 2.05) is 0 Å². The van der Waals surface area contributed by atoms with Gasteiger partial charge in [0.05, 0.1) is 6.61 Å². The van der Waals surface area contributed by atoms with Crippen molar-refractivity contribution in [2.75, 3.05) is 0 Å². The number of nitrogens with one attached hydrogen (secondary N) is 1. The highest BCUT2D eigenvalue weighted by Crippen LogP contribution is 2.29. The fourth-order valence-corrected chi connectivity index (χ4v) is 3.50. The van der Waals surface area contributed by atoms with Gasteiger partial charge in [0.2, 0.25) is 0 Å². The van der Waals surface area contributed by atoms with E-state index in [0.717, 1.165) is 25.7 Å². The molecule has 1 unspecified atom stereocenters. The van der Waals surface area contributed by atoms with Gasteiger partial charge in [0, 0.05) is 17.7 Å². The van der Waals surface area contributed by atoms with Crippen LogP contribution in [-0.4, -0.2) is 23.2 Å². The van der Waals surface area contributed by atoms with Gasteiger partial charge in [-0.3, -0.25) is 4.79 Å². The summed E-state index contributed by atoms with van der Waals surface area (Å²) in [4.78, 5) is 12.4. The average molecular weight is 389 g/mol. The molecule has 0 bridgehead atoms. The van der Waals surface area contributed by atoms with E-state index in [2.05, 4.69) is 5.32 Å². The summed E-state index contributed by atoms with van der Waals surface area (Å²) in [7, 11) is 0. The summed E-state index contributed by atoms with van der Waals surface area (Å²) in [5.74, 6) is -1.22. The van der Waals surface area contributed by atoms with Crippen molar-refractivity contribution in [1.82, 2.24) is 5.32 Å². The Hall–Kier alpha value is -2.47.